The summed E-state index contributed by atoms with van der Waals surface area (Å²) in [5.41, 5.74) is 0. The first-order valence-corrected chi connectivity index (χ1v) is 6.60. The minimum absolute atomic E-state index is 0.115. The number of ketones is 1. The van der Waals surface area contributed by atoms with Crippen LogP contribution in [0.25, 0.3) is 0 Å². The highest BCUT2D eigenvalue weighted by atomic mass is 16.1. The Balaban J connectivity index is 2.39. The quantitative estimate of drug-likeness (QED) is 0.714. The van der Waals surface area contributed by atoms with Crippen LogP contribution in [0.3, 0.4) is 0 Å². The molecule has 0 saturated carbocycles. The number of Topliss-reactive ketones (excluding diaryl/α,β-unsaturated/α-hetero) is 1. The minimum Gasteiger partial charge on any atom is -0.298 e. The van der Waals surface area contributed by atoms with Crippen molar-refractivity contribution in [3.63, 3.8) is 0 Å². The summed E-state index contributed by atoms with van der Waals surface area (Å²) in [6.45, 7) is 12.8. The fourth-order valence-corrected chi connectivity index (χ4v) is 2.32. The smallest absolute Gasteiger partial charge is 0.149 e. The van der Waals surface area contributed by atoms with E-state index in [-0.39, 0.29) is 6.04 Å². The molecule has 3 heteroatoms. The summed E-state index contributed by atoms with van der Waals surface area (Å²) in [7, 11) is 0. The molecule has 1 aliphatic heterocycles. The average Bonchev–Trinajstić information content (AvgIpc) is 2.36. The molecular weight excluding hydrogens is 200 g/mol. The predicted octanol–water partition coefficient (Wildman–Crippen LogP) is 1.77. The average molecular weight is 226 g/mol. The predicted molar refractivity (Wildman–Crippen MR) is 67.7 cm³/mol. The molecule has 3 nitrogen and oxygen atoms in total. The molecule has 94 valence electrons. The summed E-state index contributed by atoms with van der Waals surface area (Å²) in [6.07, 6.45) is 1.87. The third-order valence-corrected chi connectivity index (χ3v) is 3.93. The van der Waals surface area contributed by atoms with E-state index in [4.69, 9.17) is 0 Å². The highest BCUT2D eigenvalue weighted by molar-refractivity contribution is 5.83. The van der Waals surface area contributed by atoms with Crippen LogP contribution in [0.2, 0.25) is 0 Å². The molecular formula is C13H26N2O. The van der Waals surface area contributed by atoms with E-state index in [2.05, 4.69) is 23.6 Å². The van der Waals surface area contributed by atoms with E-state index in [9.17, 15) is 4.79 Å². The molecule has 0 aromatic carbocycles. The van der Waals surface area contributed by atoms with Crippen LogP contribution < -0.4 is 0 Å². The molecule has 0 aromatic rings. The Morgan fingerprint density at radius 3 is 2.00 bits per heavy atom. The maximum Gasteiger partial charge on any atom is 0.149 e. The number of rotatable bonds is 5. The van der Waals surface area contributed by atoms with Crippen molar-refractivity contribution in [3.8, 4) is 0 Å². The summed E-state index contributed by atoms with van der Waals surface area (Å²) < 4.78 is 0. The van der Waals surface area contributed by atoms with Crippen molar-refractivity contribution in [1.82, 2.24) is 9.80 Å². The van der Waals surface area contributed by atoms with Gasteiger partial charge < -0.3 is 0 Å². The van der Waals surface area contributed by atoms with Gasteiger partial charge in [-0.3, -0.25) is 14.6 Å². The van der Waals surface area contributed by atoms with Crippen molar-refractivity contribution >= 4 is 5.78 Å². The number of nitrogens with zero attached hydrogens (tertiary/aromatic N) is 2. The lowest BCUT2D eigenvalue weighted by atomic mass is 10.1. The number of carbonyl (C=O) groups excluding carboxylic acids is 1. The molecule has 1 heterocycles. The number of hydrogen-bond acceptors (Lipinski definition) is 3. The SMILES string of the molecule is CCC(=O)C(C)N1CCN(C(C)CC)CC1. The topological polar surface area (TPSA) is 23.6 Å². The van der Waals surface area contributed by atoms with E-state index >= 15 is 0 Å². The Morgan fingerprint density at radius 2 is 1.56 bits per heavy atom. The van der Waals surface area contributed by atoms with Crippen LogP contribution in [0.4, 0.5) is 0 Å². The van der Waals surface area contributed by atoms with Crippen molar-refractivity contribution in [2.75, 3.05) is 26.2 Å². The molecule has 0 radical (unpaired) electrons. The summed E-state index contributed by atoms with van der Waals surface area (Å²) in [4.78, 5) is 16.5. The largest absolute Gasteiger partial charge is 0.298 e. The number of piperazine rings is 1. The molecule has 2 unspecified atom stereocenters. The highest BCUT2D eigenvalue weighted by Crippen LogP contribution is 2.12. The van der Waals surface area contributed by atoms with Gasteiger partial charge in [0, 0.05) is 38.6 Å². The number of carbonyl (C=O) groups is 1. The Kier molecular flexibility index (Phi) is 5.42. The Bertz CT molecular complexity index is 222. The molecule has 0 aliphatic carbocycles. The Morgan fingerprint density at radius 1 is 1.06 bits per heavy atom. The molecule has 0 bridgehead atoms. The zero-order valence-electron chi connectivity index (χ0n) is 11.2. The maximum absolute atomic E-state index is 11.6. The Labute approximate surface area is 99.8 Å². The van der Waals surface area contributed by atoms with Crippen LogP contribution in [0, 0.1) is 0 Å². The first-order chi connectivity index (χ1) is 7.60. The molecule has 1 fully saturated rings. The molecule has 1 rings (SSSR count). The van der Waals surface area contributed by atoms with E-state index in [1.165, 1.54) is 6.42 Å². The van der Waals surface area contributed by atoms with Crippen molar-refractivity contribution in [2.45, 2.75) is 52.6 Å². The lowest BCUT2D eigenvalue weighted by Crippen LogP contribution is -2.53. The fraction of sp³-hybridized carbons (Fsp3) is 0.923. The zero-order chi connectivity index (χ0) is 12.1. The third-order valence-electron chi connectivity index (χ3n) is 3.93. The second kappa shape index (κ2) is 6.36. The van der Waals surface area contributed by atoms with Gasteiger partial charge >= 0.3 is 0 Å². The fourth-order valence-electron chi connectivity index (χ4n) is 2.32. The van der Waals surface area contributed by atoms with Crippen LogP contribution in [0.5, 0.6) is 0 Å². The maximum atomic E-state index is 11.6. The highest BCUT2D eigenvalue weighted by Gasteiger charge is 2.25. The van der Waals surface area contributed by atoms with Crippen LogP contribution in [-0.4, -0.2) is 53.8 Å². The van der Waals surface area contributed by atoms with E-state index in [0.717, 1.165) is 26.2 Å². The third kappa shape index (κ3) is 3.29. The monoisotopic (exact) mass is 226 g/mol. The summed E-state index contributed by atoms with van der Waals surface area (Å²) in [5, 5.41) is 0. The summed E-state index contributed by atoms with van der Waals surface area (Å²) in [6, 6.07) is 0.795. The van der Waals surface area contributed by atoms with Gasteiger partial charge in [0.15, 0.2) is 0 Å². The molecule has 0 N–H and O–H groups in total. The van der Waals surface area contributed by atoms with Gasteiger partial charge in [-0.1, -0.05) is 13.8 Å². The minimum atomic E-state index is 0.115. The van der Waals surface area contributed by atoms with E-state index in [1.807, 2.05) is 13.8 Å². The van der Waals surface area contributed by atoms with Gasteiger partial charge in [-0.15, -0.1) is 0 Å². The molecule has 0 spiro atoms. The van der Waals surface area contributed by atoms with Gasteiger partial charge in [-0.25, -0.2) is 0 Å². The van der Waals surface area contributed by atoms with Crippen LogP contribution in [0.1, 0.15) is 40.5 Å². The van der Waals surface area contributed by atoms with Crippen LogP contribution in [-0.2, 0) is 4.79 Å². The van der Waals surface area contributed by atoms with Crippen molar-refractivity contribution in [1.29, 1.82) is 0 Å². The van der Waals surface area contributed by atoms with Crippen LogP contribution in [0.15, 0.2) is 0 Å². The van der Waals surface area contributed by atoms with Crippen molar-refractivity contribution in [2.24, 2.45) is 0 Å². The first kappa shape index (κ1) is 13.7. The van der Waals surface area contributed by atoms with E-state index in [1.54, 1.807) is 0 Å². The lowest BCUT2D eigenvalue weighted by molar-refractivity contribution is -0.124. The molecule has 0 aromatic heterocycles. The normalized spacial score (nSPS) is 23.0. The molecule has 1 saturated heterocycles. The molecule has 0 amide bonds. The van der Waals surface area contributed by atoms with E-state index in [0.29, 0.717) is 18.2 Å². The molecule has 16 heavy (non-hydrogen) atoms. The van der Waals surface area contributed by atoms with Gasteiger partial charge in [0.25, 0.3) is 0 Å². The van der Waals surface area contributed by atoms with Crippen molar-refractivity contribution < 1.29 is 4.79 Å². The summed E-state index contributed by atoms with van der Waals surface area (Å²) >= 11 is 0. The summed E-state index contributed by atoms with van der Waals surface area (Å²) in [5.74, 6) is 0.372. The number of hydrogen-bond donors (Lipinski definition) is 0. The van der Waals surface area contributed by atoms with Crippen molar-refractivity contribution in [3.05, 3.63) is 0 Å². The standard InChI is InChI=1S/C13H26N2O/c1-5-11(3)14-7-9-15(10-8-14)12(4)13(16)6-2/h11-12H,5-10H2,1-4H3. The Hall–Kier alpha value is -0.410. The van der Waals surface area contributed by atoms with Gasteiger partial charge in [0.1, 0.15) is 5.78 Å². The van der Waals surface area contributed by atoms with E-state index < -0.39 is 0 Å². The molecule has 2 atom stereocenters. The zero-order valence-corrected chi connectivity index (χ0v) is 11.2. The molecule has 1 aliphatic rings. The van der Waals surface area contributed by atoms with Gasteiger partial charge in [-0.05, 0) is 20.3 Å². The van der Waals surface area contributed by atoms with Gasteiger partial charge in [0.2, 0.25) is 0 Å². The lowest BCUT2D eigenvalue weighted by Gasteiger charge is -2.39. The van der Waals surface area contributed by atoms with Gasteiger partial charge in [0.05, 0.1) is 6.04 Å². The second-order valence-corrected chi connectivity index (χ2v) is 4.83. The van der Waals surface area contributed by atoms with Gasteiger partial charge in [-0.2, -0.15) is 0 Å². The first-order valence-electron chi connectivity index (χ1n) is 6.60. The second-order valence-electron chi connectivity index (χ2n) is 4.83. The van der Waals surface area contributed by atoms with Crippen LogP contribution >= 0.6 is 0 Å².